The van der Waals surface area contributed by atoms with Gasteiger partial charge in [-0.3, -0.25) is 19.1 Å². The summed E-state index contributed by atoms with van der Waals surface area (Å²) in [5.74, 6) is 0.493. The fourth-order valence-electron chi connectivity index (χ4n) is 3.71. The number of benzene rings is 1. The largest absolute Gasteiger partial charge is 0.338 e. The number of carbonyl (C=O) groups is 1. The van der Waals surface area contributed by atoms with Crippen LogP contribution in [0.25, 0.3) is 11.2 Å². The monoisotopic (exact) mass is 399 g/mol. The maximum atomic E-state index is 13.3. The van der Waals surface area contributed by atoms with Crippen molar-refractivity contribution in [3.05, 3.63) is 62.3 Å². The van der Waals surface area contributed by atoms with Gasteiger partial charge in [0, 0.05) is 26.9 Å². The molecule has 3 aromatic rings. The summed E-state index contributed by atoms with van der Waals surface area (Å²) in [6, 6.07) is 6.21. The first-order chi connectivity index (χ1) is 13.8. The number of rotatable bonds is 6. The van der Waals surface area contributed by atoms with Crippen molar-refractivity contribution in [2.75, 3.05) is 7.05 Å². The van der Waals surface area contributed by atoms with Crippen LogP contribution >= 0.6 is 0 Å². The number of hydrogen-bond donors (Lipinski definition) is 2. The Morgan fingerprint density at radius 1 is 1.28 bits per heavy atom. The van der Waals surface area contributed by atoms with Crippen molar-refractivity contribution < 1.29 is 9.18 Å². The van der Waals surface area contributed by atoms with E-state index in [1.165, 1.54) is 23.7 Å². The van der Waals surface area contributed by atoms with E-state index in [0.717, 1.165) is 18.4 Å². The number of aryl methyl sites for hydroxylation is 2. The smallest absolute Gasteiger partial charge is 0.329 e. The third-order valence-corrected chi connectivity index (χ3v) is 5.47. The minimum absolute atomic E-state index is 0.0607. The molecule has 1 aliphatic carbocycles. The maximum Gasteiger partial charge on any atom is 0.329 e. The van der Waals surface area contributed by atoms with Gasteiger partial charge in [0.2, 0.25) is 5.91 Å². The highest BCUT2D eigenvalue weighted by Crippen LogP contribution is 2.44. The molecule has 0 spiro atoms. The van der Waals surface area contributed by atoms with Crippen LogP contribution in [0.5, 0.6) is 0 Å². The van der Waals surface area contributed by atoms with Crippen molar-refractivity contribution in [3.8, 4) is 0 Å². The molecular weight excluding hydrogens is 377 g/mol. The lowest BCUT2D eigenvalue weighted by Crippen LogP contribution is -2.32. The van der Waals surface area contributed by atoms with E-state index in [9.17, 15) is 18.8 Å². The van der Waals surface area contributed by atoms with Crippen molar-refractivity contribution in [1.29, 1.82) is 0 Å². The maximum absolute atomic E-state index is 13.3. The van der Waals surface area contributed by atoms with E-state index in [-0.39, 0.29) is 35.4 Å². The molecule has 1 saturated carbocycles. The molecule has 1 fully saturated rings. The molecule has 9 heteroatoms. The molecule has 152 valence electrons. The predicted octanol–water partition coefficient (Wildman–Crippen LogP) is 1.63. The number of nitrogens with zero attached hydrogens (tertiary/aromatic N) is 3. The minimum Gasteiger partial charge on any atom is -0.338 e. The number of carbonyl (C=O) groups excluding carboxylic acids is 1. The highest BCUT2D eigenvalue weighted by molar-refractivity contribution is 5.77. The molecule has 4 rings (SSSR count). The van der Waals surface area contributed by atoms with Crippen LogP contribution in [0.1, 0.15) is 36.7 Å². The van der Waals surface area contributed by atoms with Gasteiger partial charge in [-0.05, 0) is 36.5 Å². The number of aromatic nitrogens is 4. The summed E-state index contributed by atoms with van der Waals surface area (Å²) in [5.41, 5.74) is 0.329. The lowest BCUT2D eigenvalue weighted by molar-refractivity contribution is -0.132. The second kappa shape index (κ2) is 7.31. The lowest BCUT2D eigenvalue weighted by atomic mass is 10.0. The first kappa shape index (κ1) is 19.1. The van der Waals surface area contributed by atoms with Crippen LogP contribution in [0.3, 0.4) is 0 Å². The zero-order valence-electron chi connectivity index (χ0n) is 16.2. The molecule has 29 heavy (non-hydrogen) atoms. The minimum atomic E-state index is -0.539. The van der Waals surface area contributed by atoms with E-state index >= 15 is 0 Å². The van der Waals surface area contributed by atoms with Crippen molar-refractivity contribution in [1.82, 2.24) is 24.4 Å². The molecule has 2 aromatic heterocycles. The quantitative estimate of drug-likeness (QED) is 0.657. The van der Waals surface area contributed by atoms with Crippen LogP contribution in [-0.4, -0.2) is 37.4 Å². The number of H-pyrrole nitrogens is 2. The summed E-state index contributed by atoms with van der Waals surface area (Å²) in [6.45, 7) is 0. The number of nitrogens with one attached hydrogen (secondary N) is 2. The van der Waals surface area contributed by atoms with Gasteiger partial charge in [-0.15, -0.1) is 0 Å². The van der Waals surface area contributed by atoms with E-state index < -0.39 is 11.2 Å². The lowest BCUT2D eigenvalue weighted by Gasteiger charge is -2.29. The van der Waals surface area contributed by atoms with Gasteiger partial charge >= 0.3 is 5.69 Å². The topological polar surface area (TPSA) is 104 Å². The van der Waals surface area contributed by atoms with Crippen LogP contribution in [0.4, 0.5) is 4.39 Å². The Bertz CT molecular complexity index is 1170. The molecule has 2 heterocycles. The SMILES string of the molecule is CN(C(=O)CCc1nc2c([nH]1)c(=O)[nH]c(=O)n2C)[C@H](c1ccc(F)cc1)C1CC1. The molecule has 1 aromatic carbocycles. The van der Waals surface area contributed by atoms with E-state index in [1.54, 1.807) is 24.1 Å². The number of aromatic amines is 2. The average Bonchev–Trinajstić information content (AvgIpc) is 3.43. The van der Waals surface area contributed by atoms with E-state index in [4.69, 9.17) is 0 Å². The summed E-state index contributed by atoms with van der Waals surface area (Å²) in [6.07, 6.45) is 2.60. The summed E-state index contributed by atoms with van der Waals surface area (Å²) in [5, 5.41) is 0. The van der Waals surface area contributed by atoms with E-state index in [0.29, 0.717) is 18.2 Å². The fourth-order valence-corrected chi connectivity index (χ4v) is 3.71. The number of halogens is 1. The van der Waals surface area contributed by atoms with E-state index in [2.05, 4.69) is 15.0 Å². The Labute approximate surface area is 165 Å². The number of hydrogen-bond acceptors (Lipinski definition) is 4. The highest BCUT2D eigenvalue weighted by Gasteiger charge is 2.36. The third-order valence-electron chi connectivity index (χ3n) is 5.47. The summed E-state index contributed by atoms with van der Waals surface area (Å²) < 4.78 is 14.5. The number of fused-ring (bicyclic) bond motifs is 1. The van der Waals surface area contributed by atoms with Crippen molar-refractivity contribution in [2.24, 2.45) is 13.0 Å². The van der Waals surface area contributed by atoms with Crippen molar-refractivity contribution in [3.63, 3.8) is 0 Å². The third kappa shape index (κ3) is 3.72. The Kier molecular flexibility index (Phi) is 4.81. The van der Waals surface area contributed by atoms with Crippen LogP contribution in [0, 0.1) is 11.7 Å². The molecule has 0 saturated heterocycles. The summed E-state index contributed by atoms with van der Waals surface area (Å²) in [4.78, 5) is 47.6. The fraction of sp³-hybridized carbons (Fsp3) is 0.400. The molecular formula is C20H22FN5O3. The summed E-state index contributed by atoms with van der Waals surface area (Å²) in [7, 11) is 3.29. The number of imidazole rings is 1. The second-order valence-corrected chi connectivity index (χ2v) is 7.54. The highest BCUT2D eigenvalue weighted by atomic mass is 19.1. The van der Waals surface area contributed by atoms with Gasteiger partial charge < -0.3 is 9.88 Å². The standard InChI is InChI=1S/C20H22FN5O3/c1-25(17(11-3-4-11)12-5-7-13(21)8-6-12)15(27)10-9-14-22-16-18(23-14)26(2)20(29)24-19(16)28/h5-8,11,17H,3-4,9-10H2,1-2H3,(H,22,23)(H,24,28,29)/t17-/m0/s1. The first-order valence-corrected chi connectivity index (χ1v) is 9.54. The molecule has 8 nitrogen and oxygen atoms in total. The first-order valence-electron chi connectivity index (χ1n) is 9.54. The average molecular weight is 399 g/mol. The normalized spacial score (nSPS) is 14.9. The summed E-state index contributed by atoms with van der Waals surface area (Å²) >= 11 is 0. The number of amides is 1. The Hall–Kier alpha value is -3.23. The van der Waals surface area contributed by atoms with Gasteiger partial charge in [0.25, 0.3) is 5.56 Å². The zero-order chi connectivity index (χ0) is 20.7. The molecule has 2 N–H and O–H groups in total. The second-order valence-electron chi connectivity index (χ2n) is 7.54. The Morgan fingerprint density at radius 2 is 1.97 bits per heavy atom. The van der Waals surface area contributed by atoms with Gasteiger partial charge in [0.05, 0.1) is 6.04 Å². The van der Waals surface area contributed by atoms with Gasteiger partial charge in [-0.2, -0.15) is 0 Å². The van der Waals surface area contributed by atoms with Crippen LogP contribution in [-0.2, 0) is 18.3 Å². The van der Waals surface area contributed by atoms with Gasteiger partial charge in [-0.1, -0.05) is 12.1 Å². The molecule has 0 radical (unpaired) electrons. The van der Waals surface area contributed by atoms with Crippen LogP contribution in [0.15, 0.2) is 33.9 Å². The van der Waals surface area contributed by atoms with Crippen LogP contribution < -0.4 is 11.2 Å². The van der Waals surface area contributed by atoms with Gasteiger partial charge in [0.1, 0.15) is 17.2 Å². The molecule has 1 aliphatic rings. The Balaban J connectivity index is 1.50. The predicted molar refractivity (Wildman–Crippen MR) is 105 cm³/mol. The Morgan fingerprint density at radius 3 is 2.62 bits per heavy atom. The molecule has 0 bridgehead atoms. The van der Waals surface area contributed by atoms with Gasteiger partial charge in [-0.25, -0.2) is 14.2 Å². The van der Waals surface area contributed by atoms with Crippen molar-refractivity contribution in [2.45, 2.75) is 31.7 Å². The molecule has 0 aliphatic heterocycles. The zero-order valence-corrected chi connectivity index (χ0v) is 16.2. The van der Waals surface area contributed by atoms with Crippen molar-refractivity contribution >= 4 is 17.1 Å². The molecule has 0 unspecified atom stereocenters. The van der Waals surface area contributed by atoms with Gasteiger partial charge in [0.15, 0.2) is 5.65 Å². The molecule has 1 amide bonds. The molecule has 1 atom stereocenters. The van der Waals surface area contributed by atoms with Crippen LogP contribution in [0.2, 0.25) is 0 Å². The van der Waals surface area contributed by atoms with E-state index in [1.807, 2.05) is 0 Å².